The van der Waals surface area contributed by atoms with Gasteiger partial charge in [-0.25, -0.2) is 0 Å². The Morgan fingerprint density at radius 3 is 1.58 bits per heavy atom. The molecule has 0 amide bonds. The lowest BCUT2D eigenvalue weighted by atomic mass is 9.82. The van der Waals surface area contributed by atoms with Gasteiger partial charge in [-0.05, 0) is 50.6 Å². The molecule has 2 nitrogen and oxygen atoms in total. The van der Waals surface area contributed by atoms with Crippen LogP contribution >= 0.6 is 0 Å². The van der Waals surface area contributed by atoms with E-state index in [-0.39, 0.29) is 5.41 Å². The summed E-state index contributed by atoms with van der Waals surface area (Å²) in [5, 5.41) is 9.75. The Labute approximate surface area is 121 Å². The normalized spacial score (nSPS) is 12.9. The van der Waals surface area contributed by atoms with Gasteiger partial charge >= 0.3 is 0 Å². The summed E-state index contributed by atoms with van der Waals surface area (Å²) in [5.41, 5.74) is 0.105. The molecular weight excluding hydrogens is 234 g/mol. The lowest BCUT2D eigenvalue weighted by Crippen LogP contribution is -2.41. The second-order valence-corrected chi connectivity index (χ2v) is 7.01. The highest BCUT2D eigenvalue weighted by Gasteiger charge is 2.27. The van der Waals surface area contributed by atoms with Crippen LogP contribution in [0, 0.1) is 17.3 Å². The molecule has 1 N–H and O–H groups in total. The largest absolute Gasteiger partial charge is 0.396 e. The maximum Gasteiger partial charge on any atom is 0.0499 e. The van der Waals surface area contributed by atoms with Crippen molar-refractivity contribution in [2.75, 3.05) is 26.2 Å². The molecule has 0 aromatic rings. The zero-order chi connectivity index (χ0) is 14.9. The first-order valence-corrected chi connectivity index (χ1v) is 8.22. The predicted octanol–water partition coefficient (Wildman–Crippen LogP) is 4.18. The molecule has 0 aromatic heterocycles. The van der Waals surface area contributed by atoms with Crippen molar-refractivity contribution in [1.82, 2.24) is 4.90 Å². The number of nitrogens with zero attached hydrogens (tertiary/aromatic N) is 1. The summed E-state index contributed by atoms with van der Waals surface area (Å²) < 4.78 is 0. The molecule has 0 atom stereocenters. The van der Waals surface area contributed by atoms with E-state index in [0.717, 1.165) is 31.2 Å². The van der Waals surface area contributed by atoms with Crippen LogP contribution in [0.4, 0.5) is 0 Å². The van der Waals surface area contributed by atoms with Gasteiger partial charge in [-0.1, -0.05) is 41.5 Å². The fourth-order valence-corrected chi connectivity index (χ4v) is 2.37. The first-order valence-electron chi connectivity index (χ1n) is 8.22. The van der Waals surface area contributed by atoms with E-state index >= 15 is 0 Å². The summed E-state index contributed by atoms with van der Waals surface area (Å²) in [6, 6.07) is 0. The number of aliphatic hydroxyl groups is 1. The molecule has 0 radical (unpaired) electrons. The van der Waals surface area contributed by atoms with E-state index in [9.17, 15) is 5.11 Å². The van der Waals surface area contributed by atoms with Crippen molar-refractivity contribution in [3.05, 3.63) is 0 Å². The van der Waals surface area contributed by atoms with E-state index in [2.05, 4.69) is 46.4 Å². The molecule has 0 aliphatic rings. The zero-order valence-corrected chi connectivity index (χ0v) is 14.2. The van der Waals surface area contributed by atoms with Crippen molar-refractivity contribution in [3.63, 3.8) is 0 Å². The molecule has 0 rings (SSSR count). The Hall–Kier alpha value is -0.0800. The van der Waals surface area contributed by atoms with E-state index in [1.165, 1.54) is 25.9 Å². The van der Waals surface area contributed by atoms with Gasteiger partial charge in [-0.15, -0.1) is 0 Å². The van der Waals surface area contributed by atoms with Gasteiger partial charge in [0.05, 0.1) is 0 Å². The minimum absolute atomic E-state index is 0.105. The maximum atomic E-state index is 9.75. The first-order chi connectivity index (χ1) is 8.89. The van der Waals surface area contributed by atoms with Gasteiger partial charge < -0.3 is 10.0 Å². The van der Waals surface area contributed by atoms with Gasteiger partial charge in [0.15, 0.2) is 0 Å². The maximum absolute atomic E-state index is 9.75. The van der Waals surface area contributed by atoms with Crippen molar-refractivity contribution in [1.29, 1.82) is 0 Å². The lowest BCUT2D eigenvalue weighted by molar-refractivity contribution is 0.0619. The van der Waals surface area contributed by atoms with Gasteiger partial charge in [0.1, 0.15) is 0 Å². The highest BCUT2D eigenvalue weighted by Crippen LogP contribution is 2.27. The Bertz CT molecular complexity index is 189. The third-order valence-corrected chi connectivity index (χ3v) is 4.44. The number of hydrogen-bond acceptors (Lipinski definition) is 2. The van der Waals surface area contributed by atoms with Crippen molar-refractivity contribution in [2.24, 2.45) is 17.3 Å². The van der Waals surface area contributed by atoms with Crippen molar-refractivity contribution < 1.29 is 5.11 Å². The molecule has 2 heteroatoms. The van der Waals surface area contributed by atoms with Gasteiger partial charge in [0, 0.05) is 18.6 Å². The summed E-state index contributed by atoms with van der Waals surface area (Å²) in [7, 11) is 0. The molecule has 0 saturated carbocycles. The standard InChI is InChI=1S/C17H37NO/c1-7-17(8-2,14-19)13-18(11-9-15(3)4)12-10-16(5)6/h15-16,19H,7-14H2,1-6H3. The highest BCUT2D eigenvalue weighted by atomic mass is 16.3. The van der Waals surface area contributed by atoms with E-state index in [1.807, 2.05) is 0 Å². The van der Waals surface area contributed by atoms with Gasteiger partial charge in [0.25, 0.3) is 0 Å². The summed E-state index contributed by atoms with van der Waals surface area (Å²) >= 11 is 0. The summed E-state index contributed by atoms with van der Waals surface area (Å²) in [6.07, 6.45) is 4.65. The third kappa shape index (κ3) is 7.94. The Morgan fingerprint density at radius 2 is 1.32 bits per heavy atom. The Kier molecular flexibility index (Phi) is 9.72. The zero-order valence-electron chi connectivity index (χ0n) is 14.2. The SMILES string of the molecule is CCC(CC)(CO)CN(CCC(C)C)CCC(C)C. The molecular formula is C17H37NO. The smallest absolute Gasteiger partial charge is 0.0499 e. The van der Waals surface area contributed by atoms with Crippen LogP contribution in [0.1, 0.15) is 67.2 Å². The Morgan fingerprint density at radius 1 is 0.895 bits per heavy atom. The summed E-state index contributed by atoms with van der Waals surface area (Å²) in [5.74, 6) is 1.52. The second-order valence-electron chi connectivity index (χ2n) is 7.01. The Balaban J connectivity index is 4.52. The van der Waals surface area contributed by atoms with Crippen LogP contribution in [0.25, 0.3) is 0 Å². The van der Waals surface area contributed by atoms with Gasteiger partial charge in [-0.2, -0.15) is 0 Å². The molecule has 0 heterocycles. The second kappa shape index (κ2) is 9.77. The van der Waals surface area contributed by atoms with E-state index < -0.39 is 0 Å². The molecule has 0 spiro atoms. The van der Waals surface area contributed by atoms with Gasteiger partial charge in [0.2, 0.25) is 0 Å². The van der Waals surface area contributed by atoms with Crippen LogP contribution in [0.5, 0.6) is 0 Å². The lowest BCUT2D eigenvalue weighted by Gasteiger charge is -2.36. The molecule has 0 bridgehead atoms. The molecule has 0 aromatic carbocycles. The predicted molar refractivity (Wildman–Crippen MR) is 85.5 cm³/mol. The van der Waals surface area contributed by atoms with E-state index in [1.54, 1.807) is 0 Å². The summed E-state index contributed by atoms with van der Waals surface area (Å²) in [4.78, 5) is 2.59. The average Bonchev–Trinajstić information content (AvgIpc) is 2.38. The average molecular weight is 271 g/mol. The van der Waals surface area contributed by atoms with Crippen molar-refractivity contribution in [3.8, 4) is 0 Å². The van der Waals surface area contributed by atoms with Crippen molar-refractivity contribution in [2.45, 2.75) is 67.2 Å². The molecule has 0 aliphatic heterocycles. The summed E-state index contributed by atoms with van der Waals surface area (Å²) in [6.45, 7) is 17.3. The first kappa shape index (κ1) is 18.9. The topological polar surface area (TPSA) is 23.5 Å². The van der Waals surface area contributed by atoms with Crippen LogP contribution in [-0.2, 0) is 0 Å². The minimum atomic E-state index is 0.105. The van der Waals surface area contributed by atoms with Gasteiger partial charge in [-0.3, -0.25) is 0 Å². The molecule has 0 saturated heterocycles. The highest BCUT2D eigenvalue weighted by molar-refractivity contribution is 4.80. The third-order valence-electron chi connectivity index (χ3n) is 4.44. The molecule has 0 unspecified atom stereocenters. The number of rotatable bonds is 11. The van der Waals surface area contributed by atoms with Crippen molar-refractivity contribution >= 4 is 0 Å². The minimum Gasteiger partial charge on any atom is -0.396 e. The van der Waals surface area contributed by atoms with Crippen LogP contribution in [0.15, 0.2) is 0 Å². The number of hydrogen-bond donors (Lipinski definition) is 1. The van der Waals surface area contributed by atoms with Crippen LogP contribution in [-0.4, -0.2) is 36.2 Å². The quantitative estimate of drug-likeness (QED) is 0.609. The monoisotopic (exact) mass is 271 g/mol. The molecule has 116 valence electrons. The fourth-order valence-electron chi connectivity index (χ4n) is 2.37. The van der Waals surface area contributed by atoms with Crippen LogP contribution < -0.4 is 0 Å². The van der Waals surface area contributed by atoms with Crippen LogP contribution in [0.2, 0.25) is 0 Å². The van der Waals surface area contributed by atoms with E-state index in [0.29, 0.717) is 6.61 Å². The molecule has 0 aliphatic carbocycles. The van der Waals surface area contributed by atoms with Crippen LogP contribution in [0.3, 0.4) is 0 Å². The fraction of sp³-hybridized carbons (Fsp3) is 1.00. The van der Waals surface area contributed by atoms with E-state index in [4.69, 9.17) is 0 Å². The number of aliphatic hydroxyl groups excluding tert-OH is 1. The molecule has 19 heavy (non-hydrogen) atoms. The molecule has 0 fully saturated rings.